The summed E-state index contributed by atoms with van der Waals surface area (Å²) in [5.41, 5.74) is 0.836. The Kier molecular flexibility index (Phi) is 2.25. The second-order valence-electron chi connectivity index (χ2n) is 3.21. The van der Waals surface area contributed by atoms with Gasteiger partial charge in [0.25, 0.3) is 0 Å². The van der Waals surface area contributed by atoms with Crippen LogP contribution in [0.25, 0.3) is 6.08 Å². The van der Waals surface area contributed by atoms with Crippen molar-refractivity contribution in [2.24, 2.45) is 0 Å². The molecule has 1 aliphatic heterocycles. The van der Waals surface area contributed by atoms with Crippen molar-refractivity contribution in [3.05, 3.63) is 24.4 Å². The number of anilines is 1. The van der Waals surface area contributed by atoms with E-state index in [1.807, 2.05) is 12.1 Å². The molecular weight excluding hydrogens is 162 g/mol. The Morgan fingerprint density at radius 2 is 2.00 bits per heavy atom. The smallest absolute Gasteiger partial charge is 0.151 e. The first kappa shape index (κ1) is 8.23. The van der Waals surface area contributed by atoms with Crippen molar-refractivity contribution in [1.29, 1.82) is 0 Å². The minimum absolute atomic E-state index is 0.836. The van der Waals surface area contributed by atoms with Gasteiger partial charge >= 0.3 is 0 Å². The van der Waals surface area contributed by atoms with Gasteiger partial charge < -0.3 is 4.90 Å². The standard InChI is InChI=1S/C10H13N3/c1-2-9-5-6-10(12-11-9)13-7-3-4-8-13/h2,5-6H,1,3-4,7-8H2. The molecule has 0 atom stereocenters. The number of hydrogen-bond acceptors (Lipinski definition) is 3. The van der Waals surface area contributed by atoms with Crippen LogP contribution in [0.2, 0.25) is 0 Å². The molecule has 0 saturated carbocycles. The Morgan fingerprint density at radius 3 is 2.54 bits per heavy atom. The molecule has 3 nitrogen and oxygen atoms in total. The molecule has 0 amide bonds. The highest BCUT2D eigenvalue weighted by atomic mass is 15.3. The Morgan fingerprint density at radius 1 is 1.23 bits per heavy atom. The summed E-state index contributed by atoms with van der Waals surface area (Å²) in [4.78, 5) is 2.26. The minimum Gasteiger partial charge on any atom is -0.355 e. The van der Waals surface area contributed by atoms with Crippen molar-refractivity contribution in [2.45, 2.75) is 12.8 Å². The number of hydrogen-bond donors (Lipinski definition) is 0. The van der Waals surface area contributed by atoms with E-state index in [2.05, 4.69) is 21.7 Å². The Balaban J connectivity index is 2.16. The van der Waals surface area contributed by atoms with Crippen LogP contribution in [0.15, 0.2) is 18.7 Å². The van der Waals surface area contributed by atoms with E-state index in [1.54, 1.807) is 6.08 Å². The molecule has 13 heavy (non-hydrogen) atoms. The van der Waals surface area contributed by atoms with Crippen molar-refractivity contribution in [2.75, 3.05) is 18.0 Å². The maximum Gasteiger partial charge on any atom is 0.151 e. The maximum absolute atomic E-state index is 4.14. The van der Waals surface area contributed by atoms with Gasteiger partial charge in [-0.1, -0.05) is 6.58 Å². The van der Waals surface area contributed by atoms with Crippen molar-refractivity contribution in [3.63, 3.8) is 0 Å². The quantitative estimate of drug-likeness (QED) is 0.685. The van der Waals surface area contributed by atoms with E-state index in [0.717, 1.165) is 24.6 Å². The molecule has 0 aromatic carbocycles. The molecule has 0 N–H and O–H groups in total. The summed E-state index contributed by atoms with van der Waals surface area (Å²) in [7, 11) is 0. The van der Waals surface area contributed by atoms with E-state index in [1.165, 1.54) is 12.8 Å². The van der Waals surface area contributed by atoms with Gasteiger partial charge in [0.05, 0.1) is 5.69 Å². The number of nitrogens with zero attached hydrogens (tertiary/aromatic N) is 3. The van der Waals surface area contributed by atoms with Crippen LogP contribution in [0.3, 0.4) is 0 Å². The molecular formula is C10H13N3. The zero-order chi connectivity index (χ0) is 9.10. The van der Waals surface area contributed by atoms with Gasteiger partial charge in [0.1, 0.15) is 0 Å². The molecule has 1 aliphatic rings. The highest BCUT2D eigenvalue weighted by molar-refractivity contribution is 5.45. The third kappa shape index (κ3) is 1.69. The molecule has 0 unspecified atom stereocenters. The molecule has 1 fully saturated rings. The van der Waals surface area contributed by atoms with Gasteiger partial charge in [-0.3, -0.25) is 0 Å². The van der Waals surface area contributed by atoms with Gasteiger partial charge in [-0.15, -0.1) is 10.2 Å². The third-order valence-corrected chi connectivity index (χ3v) is 2.31. The highest BCUT2D eigenvalue weighted by Gasteiger charge is 2.12. The van der Waals surface area contributed by atoms with Crippen LogP contribution in [-0.4, -0.2) is 23.3 Å². The average Bonchev–Trinajstić information content (AvgIpc) is 2.71. The average molecular weight is 175 g/mol. The Labute approximate surface area is 78.1 Å². The molecule has 3 heteroatoms. The summed E-state index contributed by atoms with van der Waals surface area (Å²) in [6.07, 6.45) is 4.25. The zero-order valence-corrected chi connectivity index (χ0v) is 7.61. The van der Waals surface area contributed by atoms with Crippen molar-refractivity contribution < 1.29 is 0 Å². The minimum atomic E-state index is 0.836. The molecule has 0 radical (unpaired) electrons. The van der Waals surface area contributed by atoms with E-state index in [-0.39, 0.29) is 0 Å². The van der Waals surface area contributed by atoms with Gasteiger partial charge in [0, 0.05) is 13.1 Å². The van der Waals surface area contributed by atoms with Crippen LogP contribution >= 0.6 is 0 Å². The summed E-state index contributed by atoms with van der Waals surface area (Å²) in [6.45, 7) is 5.87. The first-order chi connectivity index (χ1) is 6.40. The zero-order valence-electron chi connectivity index (χ0n) is 7.61. The lowest BCUT2D eigenvalue weighted by atomic mass is 10.4. The van der Waals surface area contributed by atoms with E-state index in [4.69, 9.17) is 0 Å². The summed E-state index contributed by atoms with van der Waals surface area (Å²) in [6, 6.07) is 3.96. The first-order valence-electron chi connectivity index (χ1n) is 4.61. The molecule has 2 rings (SSSR count). The van der Waals surface area contributed by atoms with Crippen LogP contribution in [0.4, 0.5) is 5.82 Å². The van der Waals surface area contributed by atoms with Crippen LogP contribution in [0, 0.1) is 0 Å². The van der Waals surface area contributed by atoms with Crippen molar-refractivity contribution >= 4 is 11.9 Å². The summed E-state index contributed by atoms with van der Waals surface area (Å²) >= 11 is 0. The molecule has 0 spiro atoms. The first-order valence-corrected chi connectivity index (χ1v) is 4.61. The van der Waals surface area contributed by atoms with Crippen molar-refractivity contribution in [3.8, 4) is 0 Å². The Hall–Kier alpha value is -1.38. The predicted octanol–water partition coefficient (Wildman–Crippen LogP) is 1.72. The topological polar surface area (TPSA) is 29.0 Å². The molecule has 0 aliphatic carbocycles. The molecule has 1 aromatic rings. The van der Waals surface area contributed by atoms with Crippen LogP contribution in [-0.2, 0) is 0 Å². The second kappa shape index (κ2) is 3.56. The molecule has 2 heterocycles. The predicted molar refractivity (Wildman–Crippen MR) is 53.6 cm³/mol. The lowest BCUT2D eigenvalue weighted by Gasteiger charge is -2.14. The monoisotopic (exact) mass is 175 g/mol. The summed E-state index contributed by atoms with van der Waals surface area (Å²) < 4.78 is 0. The van der Waals surface area contributed by atoms with Gasteiger partial charge in [-0.2, -0.15) is 0 Å². The van der Waals surface area contributed by atoms with Crippen LogP contribution in [0.1, 0.15) is 18.5 Å². The van der Waals surface area contributed by atoms with E-state index >= 15 is 0 Å². The SMILES string of the molecule is C=Cc1ccc(N2CCCC2)nn1. The number of rotatable bonds is 2. The van der Waals surface area contributed by atoms with Gasteiger partial charge in [-0.05, 0) is 31.1 Å². The third-order valence-electron chi connectivity index (χ3n) is 2.31. The molecule has 0 bridgehead atoms. The maximum atomic E-state index is 4.14. The van der Waals surface area contributed by atoms with Gasteiger partial charge in [0.2, 0.25) is 0 Å². The number of aromatic nitrogens is 2. The highest BCUT2D eigenvalue weighted by Crippen LogP contribution is 2.16. The van der Waals surface area contributed by atoms with Crippen LogP contribution < -0.4 is 4.90 Å². The summed E-state index contributed by atoms with van der Waals surface area (Å²) in [5.74, 6) is 0.989. The fraction of sp³-hybridized carbons (Fsp3) is 0.400. The second-order valence-corrected chi connectivity index (χ2v) is 3.21. The molecule has 1 saturated heterocycles. The summed E-state index contributed by atoms with van der Waals surface area (Å²) in [5, 5.41) is 8.17. The van der Waals surface area contributed by atoms with Gasteiger partial charge in [0.15, 0.2) is 5.82 Å². The normalized spacial score (nSPS) is 16.2. The molecule has 1 aromatic heterocycles. The largest absolute Gasteiger partial charge is 0.355 e. The Bertz CT molecular complexity index is 286. The lowest BCUT2D eigenvalue weighted by molar-refractivity contribution is 0.890. The van der Waals surface area contributed by atoms with E-state index in [9.17, 15) is 0 Å². The van der Waals surface area contributed by atoms with E-state index in [0.29, 0.717) is 0 Å². The van der Waals surface area contributed by atoms with Crippen molar-refractivity contribution in [1.82, 2.24) is 10.2 Å². The molecule has 68 valence electrons. The van der Waals surface area contributed by atoms with E-state index < -0.39 is 0 Å². The lowest BCUT2D eigenvalue weighted by Crippen LogP contribution is -2.19. The van der Waals surface area contributed by atoms with Gasteiger partial charge in [-0.25, -0.2) is 0 Å². The fourth-order valence-corrected chi connectivity index (χ4v) is 1.56. The van der Waals surface area contributed by atoms with Crippen LogP contribution in [0.5, 0.6) is 0 Å². The fourth-order valence-electron chi connectivity index (χ4n) is 1.56.